The Balaban J connectivity index is 1.56. The number of nitrogens with one attached hydrogen (secondary N) is 1. The van der Waals surface area contributed by atoms with Gasteiger partial charge in [-0.2, -0.15) is 5.10 Å². The second-order valence-electron chi connectivity index (χ2n) is 6.66. The fraction of sp³-hybridized carbons (Fsp3) is 0.450. The molecule has 7 nitrogen and oxygen atoms in total. The van der Waals surface area contributed by atoms with E-state index in [1.807, 2.05) is 31.1 Å². The lowest BCUT2D eigenvalue weighted by Gasteiger charge is -2.35. The summed E-state index contributed by atoms with van der Waals surface area (Å²) in [6.07, 6.45) is 5.60. The third kappa shape index (κ3) is 5.09. The van der Waals surface area contributed by atoms with Gasteiger partial charge in [0, 0.05) is 39.4 Å². The number of carbonyl (C=O) groups is 1. The Bertz CT molecular complexity index is 770. The number of hydrogen-bond acceptors (Lipinski definition) is 3. The molecule has 1 aliphatic rings. The molecule has 1 aromatic heterocycles. The predicted octanol–water partition coefficient (Wildman–Crippen LogP) is 1.67. The number of nitrogens with zero attached hydrogens (tertiary/aromatic N) is 5. The highest BCUT2D eigenvalue weighted by Gasteiger charge is 2.27. The van der Waals surface area contributed by atoms with E-state index in [1.165, 1.54) is 5.56 Å². The highest BCUT2D eigenvalue weighted by atomic mass is 16.2. The third-order valence-corrected chi connectivity index (χ3v) is 4.59. The van der Waals surface area contributed by atoms with Crippen LogP contribution in [0.15, 0.2) is 47.7 Å². The predicted molar refractivity (Wildman–Crippen MR) is 108 cm³/mol. The van der Waals surface area contributed by atoms with Crippen LogP contribution in [0.25, 0.3) is 0 Å². The Hall–Kier alpha value is -2.83. The van der Waals surface area contributed by atoms with Crippen molar-refractivity contribution in [3.63, 3.8) is 0 Å². The molecule has 0 radical (unpaired) electrons. The van der Waals surface area contributed by atoms with Crippen LogP contribution in [0.2, 0.25) is 0 Å². The van der Waals surface area contributed by atoms with E-state index in [9.17, 15) is 4.79 Å². The molecule has 0 atom stereocenters. The van der Waals surface area contributed by atoms with Crippen molar-refractivity contribution >= 4 is 17.6 Å². The number of piperazine rings is 1. The number of aromatic nitrogens is 2. The number of amides is 1. The molecular formula is C20H28N6O. The van der Waals surface area contributed by atoms with Crippen molar-refractivity contribution in [3.05, 3.63) is 48.3 Å². The SMILES string of the molecule is CCNC(=NCCCc1ccccc1)N1CCN(c2cnn(C)c2)C(=O)C1. The molecule has 2 heterocycles. The van der Waals surface area contributed by atoms with Crippen LogP contribution < -0.4 is 10.2 Å². The van der Waals surface area contributed by atoms with E-state index in [-0.39, 0.29) is 5.91 Å². The maximum absolute atomic E-state index is 12.6. The van der Waals surface area contributed by atoms with Crippen molar-refractivity contribution in [2.75, 3.05) is 37.6 Å². The van der Waals surface area contributed by atoms with Crippen molar-refractivity contribution in [1.82, 2.24) is 20.0 Å². The first-order chi connectivity index (χ1) is 13.2. The summed E-state index contributed by atoms with van der Waals surface area (Å²) in [5.41, 5.74) is 2.19. The van der Waals surface area contributed by atoms with Crippen molar-refractivity contribution < 1.29 is 4.79 Å². The van der Waals surface area contributed by atoms with E-state index in [2.05, 4.69) is 34.7 Å². The number of aliphatic imine (C=N–C) groups is 1. The number of hydrogen-bond donors (Lipinski definition) is 1. The fourth-order valence-electron chi connectivity index (χ4n) is 3.21. The number of guanidine groups is 1. The molecule has 1 aliphatic heterocycles. The van der Waals surface area contributed by atoms with Crippen molar-refractivity contribution in [2.45, 2.75) is 19.8 Å². The maximum Gasteiger partial charge on any atom is 0.246 e. The molecule has 0 spiro atoms. The summed E-state index contributed by atoms with van der Waals surface area (Å²) in [5.74, 6) is 0.897. The van der Waals surface area contributed by atoms with Gasteiger partial charge in [-0.25, -0.2) is 0 Å². The lowest BCUT2D eigenvalue weighted by Crippen LogP contribution is -2.55. The quantitative estimate of drug-likeness (QED) is 0.479. The maximum atomic E-state index is 12.6. The molecule has 2 aromatic rings. The third-order valence-electron chi connectivity index (χ3n) is 4.59. The van der Waals surface area contributed by atoms with Crippen LogP contribution in [-0.4, -0.2) is 59.3 Å². The molecule has 144 valence electrons. The monoisotopic (exact) mass is 368 g/mol. The summed E-state index contributed by atoms with van der Waals surface area (Å²) in [4.78, 5) is 21.2. The topological polar surface area (TPSA) is 65.8 Å². The Morgan fingerprint density at radius 1 is 1.26 bits per heavy atom. The largest absolute Gasteiger partial charge is 0.357 e. The van der Waals surface area contributed by atoms with Gasteiger partial charge in [0.1, 0.15) is 6.54 Å². The summed E-state index contributed by atoms with van der Waals surface area (Å²) >= 11 is 0. The average Bonchev–Trinajstić information content (AvgIpc) is 3.11. The Morgan fingerprint density at radius 3 is 2.74 bits per heavy atom. The van der Waals surface area contributed by atoms with Gasteiger partial charge in [-0.15, -0.1) is 0 Å². The standard InChI is InChI=1S/C20H28N6O/c1-3-21-20(22-11-7-10-17-8-5-4-6-9-17)25-12-13-26(19(27)16-25)18-14-23-24(2)15-18/h4-6,8-9,14-15H,3,7,10-13,16H2,1-2H3,(H,21,22). The summed E-state index contributed by atoms with van der Waals surface area (Å²) in [5, 5.41) is 7.48. The van der Waals surface area contributed by atoms with Crippen LogP contribution in [0, 0.1) is 0 Å². The lowest BCUT2D eigenvalue weighted by molar-refractivity contribution is -0.120. The van der Waals surface area contributed by atoms with Gasteiger partial charge in [0.25, 0.3) is 0 Å². The molecule has 27 heavy (non-hydrogen) atoms. The molecule has 1 amide bonds. The van der Waals surface area contributed by atoms with Gasteiger partial charge in [0.05, 0.1) is 11.9 Å². The molecule has 7 heteroatoms. The smallest absolute Gasteiger partial charge is 0.246 e. The zero-order chi connectivity index (χ0) is 19.1. The first-order valence-electron chi connectivity index (χ1n) is 9.53. The number of carbonyl (C=O) groups excluding carboxylic acids is 1. The minimum absolute atomic E-state index is 0.0733. The van der Waals surface area contributed by atoms with E-state index >= 15 is 0 Å². The highest BCUT2D eigenvalue weighted by molar-refractivity contribution is 5.98. The first-order valence-corrected chi connectivity index (χ1v) is 9.53. The van der Waals surface area contributed by atoms with Gasteiger partial charge in [-0.1, -0.05) is 30.3 Å². The Kier molecular flexibility index (Phi) is 6.46. The minimum Gasteiger partial charge on any atom is -0.357 e. The van der Waals surface area contributed by atoms with Gasteiger partial charge in [-0.3, -0.25) is 14.5 Å². The van der Waals surface area contributed by atoms with Gasteiger partial charge in [0.2, 0.25) is 5.91 Å². The second kappa shape index (κ2) is 9.21. The summed E-state index contributed by atoms with van der Waals surface area (Å²) < 4.78 is 1.72. The number of rotatable bonds is 6. The molecular weight excluding hydrogens is 340 g/mol. The van der Waals surface area contributed by atoms with E-state index in [1.54, 1.807) is 15.8 Å². The number of anilines is 1. The molecule has 0 unspecified atom stereocenters. The van der Waals surface area contributed by atoms with Crippen molar-refractivity contribution in [1.29, 1.82) is 0 Å². The van der Waals surface area contributed by atoms with Crippen LogP contribution in [0.1, 0.15) is 18.9 Å². The van der Waals surface area contributed by atoms with E-state index < -0.39 is 0 Å². The van der Waals surface area contributed by atoms with Crippen molar-refractivity contribution in [2.24, 2.45) is 12.0 Å². The summed E-state index contributed by atoms with van der Waals surface area (Å²) in [6.45, 7) is 5.31. The van der Waals surface area contributed by atoms with Crippen LogP contribution in [0.3, 0.4) is 0 Å². The number of benzene rings is 1. The van der Waals surface area contributed by atoms with E-state index in [0.717, 1.165) is 44.1 Å². The second-order valence-corrected chi connectivity index (χ2v) is 6.66. The van der Waals surface area contributed by atoms with Crippen molar-refractivity contribution in [3.8, 4) is 0 Å². The molecule has 1 saturated heterocycles. The molecule has 0 bridgehead atoms. The highest BCUT2D eigenvalue weighted by Crippen LogP contribution is 2.16. The van der Waals surface area contributed by atoms with E-state index in [0.29, 0.717) is 13.1 Å². The fourth-order valence-corrected chi connectivity index (χ4v) is 3.21. The molecule has 3 rings (SSSR count). The van der Waals surface area contributed by atoms with Crippen LogP contribution in [0.4, 0.5) is 5.69 Å². The normalized spacial score (nSPS) is 15.3. The van der Waals surface area contributed by atoms with Crippen LogP contribution >= 0.6 is 0 Å². The zero-order valence-corrected chi connectivity index (χ0v) is 16.1. The molecule has 1 aromatic carbocycles. The van der Waals surface area contributed by atoms with E-state index in [4.69, 9.17) is 4.99 Å². The van der Waals surface area contributed by atoms with Crippen LogP contribution in [0.5, 0.6) is 0 Å². The molecule has 0 aliphatic carbocycles. The molecule has 1 N–H and O–H groups in total. The van der Waals surface area contributed by atoms with Gasteiger partial charge < -0.3 is 15.1 Å². The first kappa shape index (κ1) is 18.9. The van der Waals surface area contributed by atoms with Gasteiger partial charge >= 0.3 is 0 Å². The Labute approximate surface area is 160 Å². The minimum atomic E-state index is 0.0733. The summed E-state index contributed by atoms with van der Waals surface area (Å²) in [6, 6.07) is 10.5. The van der Waals surface area contributed by atoms with Gasteiger partial charge in [-0.05, 0) is 25.3 Å². The molecule has 0 saturated carbocycles. The van der Waals surface area contributed by atoms with Crippen LogP contribution in [-0.2, 0) is 18.3 Å². The molecule has 1 fully saturated rings. The summed E-state index contributed by atoms with van der Waals surface area (Å²) in [7, 11) is 1.86. The lowest BCUT2D eigenvalue weighted by atomic mass is 10.1. The Morgan fingerprint density at radius 2 is 2.07 bits per heavy atom. The zero-order valence-electron chi connectivity index (χ0n) is 16.1. The average molecular weight is 368 g/mol. The number of aryl methyl sites for hydroxylation is 2. The van der Waals surface area contributed by atoms with Gasteiger partial charge in [0.15, 0.2) is 5.96 Å².